The van der Waals surface area contributed by atoms with E-state index in [2.05, 4.69) is 19.9 Å². The van der Waals surface area contributed by atoms with Gasteiger partial charge < -0.3 is 21.7 Å². The molecular formula is C5H9MgN5O2+2. The molecule has 0 saturated carbocycles. The Morgan fingerprint density at radius 3 is 2.46 bits per heavy atom. The van der Waals surface area contributed by atoms with Gasteiger partial charge in [-0.05, 0) is 0 Å². The second-order valence-electron chi connectivity index (χ2n) is 1.86. The van der Waals surface area contributed by atoms with Crippen molar-refractivity contribution in [3.8, 4) is 0 Å². The van der Waals surface area contributed by atoms with Crippen LogP contribution in [0.4, 0.5) is 5.82 Å². The molecule has 0 aromatic carbocycles. The smallest absolute Gasteiger partial charge is 0.412 e. The van der Waals surface area contributed by atoms with Gasteiger partial charge in [0.15, 0.2) is 11.5 Å². The number of hydrogen-bond donors (Lipinski definition) is 2. The summed E-state index contributed by atoms with van der Waals surface area (Å²) in [4.78, 5) is 14.4. The third-order valence-electron chi connectivity index (χ3n) is 1.25. The molecule has 0 amide bonds. The van der Waals surface area contributed by atoms with E-state index in [4.69, 9.17) is 5.73 Å². The fourth-order valence-electron chi connectivity index (χ4n) is 0.784. The molecule has 0 aliphatic carbocycles. The molecule has 0 fully saturated rings. The fourth-order valence-corrected chi connectivity index (χ4v) is 0.784. The third-order valence-corrected chi connectivity index (χ3v) is 1.25. The molecule has 0 aliphatic rings. The van der Waals surface area contributed by atoms with Gasteiger partial charge in [-0.2, -0.15) is 0 Å². The van der Waals surface area contributed by atoms with Gasteiger partial charge in [-0.3, -0.25) is 0 Å². The zero-order valence-electron chi connectivity index (χ0n) is 6.78. The number of nitrogens with zero attached hydrogens (tertiary/aromatic N) is 3. The maximum atomic E-state index is 5.48. The van der Waals surface area contributed by atoms with Gasteiger partial charge in [0.25, 0.3) is 0 Å². The van der Waals surface area contributed by atoms with E-state index in [1.54, 1.807) is 0 Å². The molecule has 0 atom stereocenters. The number of aromatic nitrogens is 4. The van der Waals surface area contributed by atoms with Crippen molar-refractivity contribution in [2.24, 2.45) is 0 Å². The van der Waals surface area contributed by atoms with Crippen LogP contribution in [0.2, 0.25) is 0 Å². The number of nitrogens with one attached hydrogen (secondary N) is 1. The predicted molar refractivity (Wildman–Crippen MR) is 49.1 cm³/mol. The summed E-state index contributed by atoms with van der Waals surface area (Å²) in [5, 5.41) is 0. The number of nitrogen functional groups attached to an aromatic ring is 1. The number of imidazole rings is 1. The summed E-state index contributed by atoms with van der Waals surface area (Å²) in [6.45, 7) is 0. The minimum absolute atomic E-state index is 0. The zero-order chi connectivity index (χ0) is 6.97. The normalized spacial score (nSPS) is 8.00. The van der Waals surface area contributed by atoms with E-state index in [1.807, 2.05) is 0 Å². The molecule has 8 heteroatoms. The van der Waals surface area contributed by atoms with Gasteiger partial charge in [-0.25, -0.2) is 15.0 Å². The molecule has 0 aliphatic heterocycles. The Morgan fingerprint density at radius 1 is 1.15 bits per heavy atom. The summed E-state index contributed by atoms with van der Waals surface area (Å²) in [6.07, 6.45) is 2.92. The molecule has 7 nitrogen and oxygen atoms in total. The molecule has 0 bridgehead atoms. The van der Waals surface area contributed by atoms with E-state index >= 15 is 0 Å². The summed E-state index contributed by atoms with van der Waals surface area (Å²) < 4.78 is 0. The molecule has 2 aromatic heterocycles. The topological polar surface area (TPSA) is 143 Å². The number of aromatic amines is 1. The van der Waals surface area contributed by atoms with Crippen LogP contribution in [-0.2, 0) is 0 Å². The number of fused-ring (bicyclic) bond motifs is 1. The summed E-state index contributed by atoms with van der Waals surface area (Å²) in [5.74, 6) is 0.433. The summed E-state index contributed by atoms with van der Waals surface area (Å²) in [6, 6.07) is 0. The molecule has 0 saturated heterocycles. The van der Waals surface area contributed by atoms with Crippen LogP contribution in [0.25, 0.3) is 11.2 Å². The maximum Gasteiger partial charge on any atom is 2.00 e. The zero-order valence-corrected chi connectivity index (χ0v) is 8.20. The van der Waals surface area contributed by atoms with Crippen molar-refractivity contribution in [1.82, 2.24) is 19.9 Å². The molecule has 0 spiro atoms. The van der Waals surface area contributed by atoms with Crippen molar-refractivity contribution >= 4 is 40.0 Å². The van der Waals surface area contributed by atoms with Gasteiger partial charge in [-0.1, -0.05) is 0 Å². The van der Waals surface area contributed by atoms with Crippen LogP contribution < -0.4 is 5.73 Å². The standard InChI is InChI=1S/C5H5N5.Mg.2H2O/c6-4-3-5(9-1-7-3)10-2-8-4;;;/h1-2H,(H3,6,7,8,9,10);;2*1H2/q;+2;;. The first-order valence-corrected chi connectivity index (χ1v) is 2.77. The molecule has 2 heterocycles. The largest absolute Gasteiger partial charge is 2.00 e. The van der Waals surface area contributed by atoms with Crippen molar-refractivity contribution < 1.29 is 11.0 Å². The second-order valence-corrected chi connectivity index (χ2v) is 1.86. The average molecular weight is 195 g/mol. The molecule has 13 heavy (non-hydrogen) atoms. The Hall–Kier alpha value is -0.964. The second kappa shape index (κ2) is 5.64. The fraction of sp³-hybridized carbons (Fsp3) is 0. The van der Waals surface area contributed by atoms with Gasteiger partial charge in [-0.15, -0.1) is 0 Å². The summed E-state index contributed by atoms with van der Waals surface area (Å²) >= 11 is 0. The van der Waals surface area contributed by atoms with Crippen LogP contribution in [0.5, 0.6) is 0 Å². The molecule has 2 aromatic rings. The SMILES string of the molecule is Nc1ncnc2nc[nH]c12.O.O.[Mg+2]. The Bertz CT molecular complexity index is 364. The van der Waals surface area contributed by atoms with Gasteiger partial charge in [0.2, 0.25) is 0 Å². The van der Waals surface area contributed by atoms with E-state index in [0.29, 0.717) is 17.0 Å². The molecule has 66 valence electrons. The van der Waals surface area contributed by atoms with E-state index < -0.39 is 0 Å². The summed E-state index contributed by atoms with van der Waals surface area (Å²) in [7, 11) is 0. The first kappa shape index (κ1) is 14.6. The van der Waals surface area contributed by atoms with Crippen molar-refractivity contribution in [1.29, 1.82) is 0 Å². The predicted octanol–water partition coefficient (Wildman–Crippen LogP) is -2.10. The Morgan fingerprint density at radius 2 is 1.85 bits per heavy atom. The first-order valence-electron chi connectivity index (χ1n) is 2.77. The first-order chi connectivity index (χ1) is 4.88. The number of nitrogens with two attached hydrogens (primary N) is 1. The average Bonchev–Trinajstić information content (AvgIpc) is 2.36. The quantitative estimate of drug-likeness (QED) is 0.464. The van der Waals surface area contributed by atoms with E-state index in [1.165, 1.54) is 12.7 Å². The molecule has 0 unspecified atom stereocenters. The maximum absolute atomic E-state index is 5.48. The van der Waals surface area contributed by atoms with E-state index in [9.17, 15) is 0 Å². The third kappa shape index (κ3) is 2.49. The minimum atomic E-state index is 0. The van der Waals surface area contributed by atoms with Crippen LogP contribution in [-0.4, -0.2) is 53.9 Å². The van der Waals surface area contributed by atoms with Crippen LogP contribution in [0.3, 0.4) is 0 Å². The van der Waals surface area contributed by atoms with Gasteiger partial charge in [0.05, 0.1) is 6.33 Å². The van der Waals surface area contributed by atoms with Gasteiger partial charge in [0, 0.05) is 0 Å². The Labute approximate surface area is 89.6 Å². The molecule has 0 radical (unpaired) electrons. The Balaban J connectivity index is 0. The molecule has 2 rings (SSSR count). The summed E-state index contributed by atoms with van der Waals surface area (Å²) in [5.41, 5.74) is 6.78. The Kier molecular flexibility index (Phi) is 6.32. The number of rotatable bonds is 0. The van der Waals surface area contributed by atoms with Crippen LogP contribution >= 0.6 is 0 Å². The van der Waals surface area contributed by atoms with Gasteiger partial charge >= 0.3 is 23.1 Å². The number of H-pyrrole nitrogens is 1. The van der Waals surface area contributed by atoms with Crippen molar-refractivity contribution in [2.45, 2.75) is 0 Å². The monoisotopic (exact) mass is 195 g/mol. The minimum Gasteiger partial charge on any atom is -0.412 e. The van der Waals surface area contributed by atoms with Crippen LogP contribution in [0.1, 0.15) is 0 Å². The molecular weight excluding hydrogens is 186 g/mol. The number of anilines is 1. The molecule has 7 N–H and O–H groups in total. The van der Waals surface area contributed by atoms with Crippen molar-refractivity contribution in [3.05, 3.63) is 12.7 Å². The van der Waals surface area contributed by atoms with Gasteiger partial charge in [0.1, 0.15) is 11.8 Å². The number of hydrogen-bond acceptors (Lipinski definition) is 4. The van der Waals surface area contributed by atoms with Crippen molar-refractivity contribution in [3.63, 3.8) is 0 Å². The van der Waals surface area contributed by atoms with Crippen molar-refractivity contribution in [2.75, 3.05) is 5.73 Å². The van der Waals surface area contributed by atoms with E-state index in [0.717, 1.165) is 0 Å². The van der Waals surface area contributed by atoms with Crippen LogP contribution in [0.15, 0.2) is 12.7 Å². The van der Waals surface area contributed by atoms with Crippen LogP contribution in [0, 0.1) is 0 Å². The van der Waals surface area contributed by atoms with E-state index in [-0.39, 0.29) is 34.0 Å².